The minimum atomic E-state index is -0.464. The van der Waals surface area contributed by atoms with Crippen LogP contribution in [0.1, 0.15) is 34.9 Å². The van der Waals surface area contributed by atoms with Crippen LogP contribution in [0.4, 0.5) is 4.39 Å². The van der Waals surface area contributed by atoms with E-state index in [2.05, 4.69) is 20.2 Å². The number of aromatic amines is 1. The Kier molecular flexibility index (Phi) is 4.78. The van der Waals surface area contributed by atoms with E-state index in [0.717, 1.165) is 12.8 Å². The van der Waals surface area contributed by atoms with Gasteiger partial charge < -0.3 is 9.64 Å². The fourth-order valence-electron chi connectivity index (χ4n) is 3.26. The van der Waals surface area contributed by atoms with E-state index in [-0.39, 0.29) is 23.5 Å². The zero-order chi connectivity index (χ0) is 18.6. The molecule has 138 valence electrons. The number of halogens is 1. The van der Waals surface area contributed by atoms with Crippen LogP contribution in [0, 0.1) is 5.82 Å². The summed E-state index contributed by atoms with van der Waals surface area (Å²) in [5.74, 6) is -0.239. The van der Waals surface area contributed by atoms with Crippen LogP contribution in [0.3, 0.4) is 0 Å². The Labute approximate surface area is 155 Å². The summed E-state index contributed by atoms with van der Waals surface area (Å²) in [6.07, 6.45) is 6.33. The predicted molar refractivity (Wildman–Crippen MR) is 95.0 cm³/mol. The second-order valence-electron chi connectivity index (χ2n) is 6.34. The van der Waals surface area contributed by atoms with Crippen LogP contribution in [0.15, 0.2) is 48.9 Å². The predicted octanol–water partition coefficient (Wildman–Crippen LogP) is 3.15. The Morgan fingerprint density at radius 1 is 1.19 bits per heavy atom. The highest BCUT2D eigenvalue weighted by Crippen LogP contribution is 2.33. The summed E-state index contributed by atoms with van der Waals surface area (Å²) in [4.78, 5) is 23.0. The lowest BCUT2D eigenvalue weighted by Crippen LogP contribution is -2.39. The van der Waals surface area contributed by atoms with Gasteiger partial charge in [-0.3, -0.25) is 14.9 Å². The summed E-state index contributed by atoms with van der Waals surface area (Å²) in [7, 11) is 0. The molecule has 0 aliphatic carbocycles. The maximum Gasteiger partial charge on any atom is 0.271 e. The number of nitrogens with zero attached hydrogens (tertiary/aromatic N) is 4. The van der Waals surface area contributed by atoms with Crippen molar-refractivity contribution >= 4 is 5.91 Å². The summed E-state index contributed by atoms with van der Waals surface area (Å²) in [5.41, 5.74) is 1.08. The molecule has 4 rings (SSSR count). The Morgan fingerprint density at radius 3 is 2.85 bits per heavy atom. The van der Waals surface area contributed by atoms with Gasteiger partial charge in [-0.1, -0.05) is 12.1 Å². The lowest BCUT2D eigenvalue weighted by molar-refractivity contribution is 0.0698. The molecule has 0 spiro atoms. The van der Waals surface area contributed by atoms with E-state index in [4.69, 9.17) is 4.74 Å². The van der Waals surface area contributed by atoms with Gasteiger partial charge in [0.15, 0.2) is 11.6 Å². The summed E-state index contributed by atoms with van der Waals surface area (Å²) < 4.78 is 19.6. The van der Waals surface area contributed by atoms with Crippen LogP contribution >= 0.6 is 0 Å². The minimum absolute atomic E-state index is 0.0407. The van der Waals surface area contributed by atoms with Crippen LogP contribution in [0.2, 0.25) is 0 Å². The number of aromatic nitrogens is 4. The molecule has 1 N–H and O–H groups in total. The molecule has 2 aromatic heterocycles. The SMILES string of the molecule is O=C(c1ccn[nH]1)N1CCCC(c2nccnc2Oc2ccccc2F)C1. The molecule has 1 aliphatic heterocycles. The molecule has 1 atom stereocenters. The number of likely N-dealkylation sites (tertiary alicyclic amines) is 1. The van der Waals surface area contributed by atoms with Crippen LogP contribution in [-0.2, 0) is 0 Å². The van der Waals surface area contributed by atoms with Crippen molar-refractivity contribution in [1.82, 2.24) is 25.1 Å². The number of hydrogen-bond acceptors (Lipinski definition) is 5. The monoisotopic (exact) mass is 367 g/mol. The molecule has 8 heteroatoms. The number of benzene rings is 1. The number of amides is 1. The summed E-state index contributed by atoms with van der Waals surface area (Å²) in [6, 6.07) is 7.82. The highest BCUT2D eigenvalue weighted by molar-refractivity contribution is 5.92. The Balaban J connectivity index is 1.56. The summed E-state index contributed by atoms with van der Waals surface area (Å²) in [5, 5.41) is 6.54. The van der Waals surface area contributed by atoms with Gasteiger partial charge in [0.1, 0.15) is 11.4 Å². The summed E-state index contributed by atoms with van der Waals surface area (Å²) in [6.45, 7) is 1.16. The third-order valence-electron chi connectivity index (χ3n) is 4.56. The third-order valence-corrected chi connectivity index (χ3v) is 4.56. The van der Waals surface area contributed by atoms with Crippen molar-refractivity contribution < 1.29 is 13.9 Å². The molecule has 27 heavy (non-hydrogen) atoms. The van der Waals surface area contributed by atoms with Crippen molar-refractivity contribution in [2.75, 3.05) is 13.1 Å². The molecule has 0 saturated carbocycles. The zero-order valence-electron chi connectivity index (χ0n) is 14.5. The van der Waals surface area contributed by atoms with E-state index >= 15 is 0 Å². The Morgan fingerprint density at radius 2 is 2.04 bits per heavy atom. The van der Waals surface area contributed by atoms with Gasteiger partial charge in [-0.25, -0.2) is 9.37 Å². The van der Waals surface area contributed by atoms with Gasteiger partial charge in [-0.05, 0) is 31.0 Å². The first-order valence-electron chi connectivity index (χ1n) is 8.74. The average molecular weight is 367 g/mol. The van der Waals surface area contributed by atoms with E-state index in [1.807, 2.05) is 0 Å². The fourth-order valence-corrected chi connectivity index (χ4v) is 3.26. The first kappa shape index (κ1) is 17.1. The first-order chi connectivity index (χ1) is 13.2. The second-order valence-corrected chi connectivity index (χ2v) is 6.34. The van der Waals surface area contributed by atoms with Crippen LogP contribution in [0.25, 0.3) is 0 Å². The lowest BCUT2D eigenvalue weighted by Gasteiger charge is -2.32. The number of hydrogen-bond donors (Lipinski definition) is 1. The third kappa shape index (κ3) is 3.64. The molecule has 1 saturated heterocycles. The number of para-hydroxylation sites is 1. The van der Waals surface area contributed by atoms with Gasteiger partial charge in [-0.15, -0.1) is 0 Å². The van der Waals surface area contributed by atoms with Crippen LogP contribution < -0.4 is 4.74 Å². The Bertz CT molecular complexity index is 931. The van der Waals surface area contributed by atoms with Gasteiger partial charge in [0, 0.05) is 37.6 Å². The van der Waals surface area contributed by atoms with E-state index < -0.39 is 5.82 Å². The van der Waals surface area contributed by atoms with Gasteiger partial charge >= 0.3 is 0 Å². The standard InChI is InChI=1S/C19H18FN5O2/c20-14-5-1-2-6-16(14)27-18-17(21-9-10-22-18)13-4-3-11-25(12-13)19(26)15-7-8-23-24-15/h1-2,5-10,13H,3-4,11-12H2,(H,23,24). The molecular formula is C19H18FN5O2. The van der Waals surface area contributed by atoms with Crippen molar-refractivity contribution in [2.24, 2.45) is 0 Å². The van der Waals surface area contributed by atoms with Crippen LogP contribution in [0.5, 0.6) is 11.6 Å². The number of H-pyrrole nitrogens is 1. The largest absolute Gasteiger partial charge is 0.434 e. The molecule has 0 radical (unpaired) electrons. The average Bonchev–Trinajstić information content (AvgIpc) is 3.24. The van der Waals surface area contributed by atoms with Gasteiger partial charge in [0.25, 0.3) is 5.91 Å². The van der Waals surface area contributed by atoms with Crippen molar-refractivity contribution in [3.05, 3.63) is 66.1 Å². The molecule has 1 fully saturated rings. The smallest absolute Gasteiger partial charge is 0.271 e. The van der Waals surface area contributed by atoms with Gasteiger partial charge in [0.05, 0.1) is 0 Å². The zero-order valence-corrected chi connectivity index (χ0v) is 14.5. The quantitative estimate of drug-likeness (QED) is 0.766. The van der Waals surface area contributed by atoms with Crippen molar-refractivity contribution in [2.45, 2.75) is 18.8 Å². The first-order valence-corrected chi connectivity index (χ1v) is 8.74. The number of piperidine rings is 1. The van der Waals surface area contributed by atoms with E-state index in [9.17, 15) is 9.18 Å². The van der Waals surface area contributed by atoms with E-state index in [1.165, 1.54) is 12.3 Å². The van der Waals surface area contributed by atoms with Crippen molar-refractivity contribution in [1.29, 1.82) is 0 Å². The van der Waals surface area contributed by atoms with Crippen LogP contribution in [-0.4, -0.2) is 44.1 Å². The maximum atomic E-state index is 13.9. The summed E-state index contributed by atoms with van der Waals surface area (Å²) >= 11 is 0. The number of nitrogens with one attached hydrogen (secondary N) is 1. The number of carbonyl (C=O) groups is 1. The highest BCUT2D eigenvalue weighted by atomic mass is 19.1. The molecule has 0 bridgehead atoms. The maximum absolute atomic E-state index is 13.9. The fraction of sp³-hybridized carbons (Fsp3) is 0.263. The Hall–Kier alpha value is -3.29. The molecule has 3 aromatic rings. The topological polar surface area (TPSA) is 84.0 Å². The molecule has 1 aliphatic rings. The molecule has 7 nitrogen and oxygen atoms in total. The molecule has 1 amide bonds. The number of carbonyl (C=O) groups excluding carboxylic acids is 1. The van der Waals surface area contributed by atoms with Crippen molar-refractivity contribution in [3.63, 3.8) is 0 Å². The van der Waals surface area contributed by atoms with Crippen molar-refractivity contribution in [3.8, 4) is 11.6 Å². The van der Waals surface area contributed by atoms with E-state index in [0.29, 0.717) is 24.5 Å². The normalized spacial score (nSPS) is 16.9. The van der Waals surface area contributed by atoms with E-state index in [1.54, 1.807) is 41.6 Å². The lowest BCUT2D eigenvalue weighted by atomic mass is 9.94. The van der Waals surface area contributed by atoms with Gasteiger partial charge in [-0.2, -0.15) is 5.10 Å². The number of rotatable bonds is 4. The molecular weight excluding hydrogens is 349 g/mol. The molecule has 3 heterocycles. The second kappa shape index (κ2) is 7.53. The minimum Gasteiger partial charge on any atom is -0.434 e. The number of ether oxygens (including phenoxy) is 1. The molecule has 1 aromatic carbocycles. The molecule has 1 unspecified atom stereocenters. The van der Waals surface area contributed by atoms with Gasteiger partial charge in [0.2, 0.25) is 5.88 Å². The highest BCUT2D eigenvalue weighted by Gasteiger charge is 2.29.